The Morgan fingerprint density at radius 2 is 2.26 bits per heavy atom. The predicted octanol–water partition coefficient (Wildman–Crippen LogP) is 1.92. The van der Waals surface area contributed by atoms with Gasteiger partial charge >= 0.3 is 0 Å². The van der Waals surface area contributed by atoms with E-state index in [9.17, 15) is 4.79 Å². The molecule has 0 spiro atoms. The number of ether oxygens (including phenoxy) is 2. The Kier molecular flexibility index (Phi) is 3.69. The molecule has 102 valence electrons. The molecule has 2 aliphatic rings. The van der Waals surface area contributed by atoms with Gasteiger partial charge in [0, 0.05) is 18.7 Å². The molecule has 0 radical (unpaired) electrons. The average Bonchev–Trinajstić information content (AvgIpc) is 2.97. The molecular formula is C15H19NO3. The number of benzene rings is 1. The molecular weight excluding hydrogens is 242 g/mol. The summed E-state index contributed by atoms with van der Waals surface area (Å²) in [6.07, 6.45) is 4.33. The first kappa shape index (κ1) is 12.5. The predicted molar refractivity (Wildman–Crippen MR) is 71.6 cm³/mol. The van der Waals surface area contributed by atoms with Gasteiger partial charge in [0.15, 0.2) is 0 Å². The van der Waals surface area contributed by atoms with Crippen molar-refractivity contribution in [3.63, 3.8) is 0 Å². The lowest BCUT2D eigenvalue weighted by atomic mass is 10.0. The monoisotopic (exact) mass is 261 g/mol. The fourth-order valence-corrected chi connectivity index (χ4v) is 2.62. The zero-order chi connectivity index (χ0) is 13.1. The number of carbonyl (C=O) groups is 1. The second-order valence-corrected chi connectivity index (χ2v) is 5.12. The molecule has 2 aliphatic heterocycles. The molecule has 1 fully saturated rings. The van der Waals surface area contributed by atoms with Crippen LogP contribution in [-0.4, -0.2) is 31.8 Å². The van der Waals surface area contributed by atoms with Crippen LogP contribution in [0.5, 0.6) is 5.75 Å². The summed E-state index contributed by atoms with van der Waals surface area (Å²) >= 11 is 0. The van der Waals surface area contributed by atoms with Crippen LogP contribution >= 0.6 is 0 Å². The topological polar surface area (TPSA) is 47.6 Å². The minimum Gasteiger partial charge on any atom is -0.493 e. The van der Waals surface area contributed by atoms with Crippen molar-refractivity contribution in [3.05, 3.63) is 29.3 Å². The Morgan fingerprint density at radius 3 is 3.11 bits per heavy atom. The quantitative estimate of drug-likeness (QED) is 0.904. The largest absolute Gasteiger partial charge is 0.493 e. The lowest BCUT2D eigenvalue weighted by molar-refractivity contribution is 0.0857. The molecule has 1 unspecified atom stereocenters. The van der Waals surface area contributed by atoms with E-state index in [1.807, 2.05) is 18.2 Å². The summed E-state index contributed by atoms with van der Waals surface area (Å²) in [5.74, 6) is 0.894. The van der Waals surface area contributed by atoms with Crippen molar-refractivity contribution in [3.8, 4) is 5.75 Å². The molecule has 0 aromatic heterocycles. The van der Waals surface area contributed by atoms with Crippen molar-refractivity contribution < 1.29 is 14.3 Å². The summed E-state index contributed by atoms with van der Waals surface area (Å²) in [5, 5.41) is 2.94. The first-order valence-electron chi connectivity index (χ1n) is 6.98. The van der Waals surface area contributed by atoms with E-state index in [2.05, 4.69) is 5.32 Å². The van der Waals surface area contributed by atoms with E-state index in [0.717, 1.165) is 50.2 Å². The lowest BCUT2D eigenvalue weighted by Crippen LogP contribution is -2.31. The summed E-state index contributed by atoms with van der Waals surface area (Å²) in [6, 6.07) is 5.67. The number of nitrogens with one attached hydrogen (secondary N) is 1. The van der Waals surface area contributed by atoms with Crippen LogP contribution in [0.3, 0.4) is 0 Å². The highest BCUT2D eigenvalue weighted by atomic mass is 16.5. The van der Waals surface area contributed by atoms with E-state index in [-0.39, 0.29) is 12.0 Å². The molecule has 1 atom stereocenters. The maximum absolute atomic E-state index is 12.1. The molecule has 2 heterocycles. The van der Waals surface area contributed by atoms with E-state index in [0.29, 0.717) is 12.1 Å². The molecule has 0 saturated carbocycles. The standard InChI is InChI=1S/C15H19NO3/c17-15(16-10-13-4-2-7-18-13)12-5-6-14-11(9-12)3-1-8-19-14/h5-6,9,13H,1-4,7-8,10H2,(H,16,17). The van der Waals surface area contributed by atoms with E-state index < -0.39 is 0 Å². The average molecular weight is 261 g/mol. The number of hydrogen-bond acceptors (Lipinski definition) is 3. The maximum atomic E-state index is 12.1. The van der Waals surface area contributed by atoms with Gasteiger partial charge in [-0.15, -0.1) is 0 Å². The Labute approximate surface area is 113 Å². The summed E-state index contributed by atoms with van der Waals surface area (Å²) < 4.78 is 11.0. The number of fused-ring (bicyclic) bond motifs is 1. The zero-order valence-electron chi connectivity index (χ0n) is 11.0. The highest BCUT2D eigenvalue weighted by Gasteiger charge is 2.18. The highest BCUT2D eigenvalue weighted by molar-refractivity contribution is 5.94. The Morgan fingerprint density at radius 1 is 1.32 bits per heavy atom. The van der Waals surface area contributed by atoms with Gasteiger partial charge in [-0.3, -0.25) is 4.79 Å². The molecule has 1 amide bonds. The number of carbonyl (C=O) groups excluding carboxylic acids is 1. The number of aryl methyl sites for hydroxylation is 1. The zero-order valence-corrected chi connectivity index (χ0v) is 11.0. The maximum Gasteiger partial charge on any atom is 0.251 e. The van der Waals surface area contributed by atoms with E-state index in [1.54, 1.807) is 0 Å². The van der Waals surface area contributed by atoms with E-state index >= 15 is 0 Å². The van der Waals surface area contributed by atoms with Crippen LogP contribution in [0.4, 0.5) is 0 Å². The molecule has 1 saturated heterocycles. The van der Waals surface area contributed by atoms with Crippen molar-refractivity contribution in [2.75, 3.05) is 19.8 Å². The van der Waals surface area contributed by atoms with Crippen molar-refractivity contribution in [1.82, 2.24) is 5.32 Å². The third kappa shape index (κ3) is 2.89. The molecule has 4 nitrogen and oxygen atoms in total. The van der Waals surface area contributed by atoms with Gasteiger partial charge < -0.3 is 14.8 Å². The fraction of sp³-hybridized carbons (Fsp3) is 0.533. The van der Waals surface area contributed by atoms with Crippen LogP contribution in [0.15, 0.2) is 18.2 Å². The normalized spacial score (nSPS) is 21.6. The highest BCUT2D eigenvalue weighted by Crippen LogP contribution is 2.25. The lowest BCUT2D eigenvalue weighted by Gasteiger charge is -2.18. The third-order valence-corrected chi connectivity index (χ3v) is 3.68. The van der Waals surface area contributed by atoms with Crippen LogP contribution < -0.4 is 10.1 Å². The molecule has 3 rings (SSSR count). The fourth-order valence-electron chi connectivity index (χ4n) is 2.62. The number of rotatable bonds is 3. The first-order valence-corrected chi connectivity index (χ1v) is 6.98. The Balaban J connectivity index is 1.62. The molecule has 0 aliphatic carbocycles. The van der Waals surface area contributed by atoms with Gasteiger partial charge in [0.2, 0.25) is 0 Å². The SMILES string of the molecule is O=C(NCC1CCCO1)c1ccc2c(c1)CCCO2. The Bertz CT molecular complexity index is 466. The van der Waals surface area contributed by atoms with Crippen molar-refractivity contribution in [1.29, 1.82) is 0 Å². The van der Waals surface area contributed by atoms with Crippen LogP contribution in [0.2, 0.25) is 0 Å². The van der Waals surface area contributed by atoms with Gasteiger partial charge in [-0.2, -0.15) is 0 Å². The molecule has 1 aromatic rings. The summed E-state index contributed by atoms with van der Waals surface area (Å²) in [6.45, 7) is 2.20. The molecule has 1 aromatic carbocycles. The van der Waals surface area contributed by atoms with E-state index in [1.165, 1.54) is 0 Å². The second-order valence-electron chi connectivity index (χ2n) is 5.12. The van der Waals surface area contributed by atoms with Gasteiger partial charge in [-0.05, 0) is 49.4 Å². The van der Waals surface area contributed by atoms with Crippen LogP contribution in [0.25, 0.3) is 0 Å². The number of hydrogen-bond donors (Lipinski definition) is 1. The minimum absolute atomic E-state index is 0.0242. The van der Waals surface area contributed by atoms with Crippen molar-refractivity contribution >= 4 is 5.91 Å². The Hall–Kier alpha value is -1.55. The van der Waals surface area contributed by atoms with Gasteiger partial charge in [0.25, 0.3) is 5.91 Å². The first-order chi connectivity index (χ1) is 9.33. The smallest absolute Gasteiger partial charge is 0.251 e. The van der Waals surface area contributed by atoms with Crippen LogP contribution in [0.1, 0.15) is 35.2 Å². The van der Waals surface area contributed by atoms with Gasteiger partial charge in [-0.1, -0.05) is 0 Å². The third-order valence-electron chi connectivity index (χ3n) is 3.68. The molecule has 4 heteroatoms. The minimum atomic E-state index is -0.0242. The van der Waals surface area contributed by atoms with E-state index in [4.69, 9.17) is 9.47 Å². The number of amides is 1. The molecule has 1 N–H and O–H groups in total. The van der Waals surface area contributed by atoms with Gasteiger partial charge in [0.1, 0.15) is 5.75 Å². The van der Waals surface area contributed by atoms with Gasteiger partial charge in [-0.25, -0.2) is 0 Å². The summed E-state index contributed by atoms with van der Waals surface area (Å²) in [4.78, 5) is 12.1. The summed E-state index contributed by atoms with van der Waals surface area (Å²) in [5.41, 5.74) is 1.85. The summed E-state index contributed by atoms with van der Waals surface area (Å²) in [7, 11) is 0. The van der Waals surface area contributed by atoms with Crippen molar-refractivity contribution in [2.45, 2.75) is 31.8 Å². The molecule has 0 bridgehead atoms. The van der Waals surface area contributed by atoms with Gasteiger partial charge in [0.05, 0.1) is 12.7 Å². The molecule has 19 heavy (non-hydrogen) atoms. The second kappa shape index (κ2) is 5.61. The van der Waals surface area contributed by atoms with Crippen LogP contribution in [0, 0.1) is 0 Å². The van der Waals surface area contributed by atoms with Crippen molar-refractivity contribution in [2.24, 2.45) is 0 Å². The van der Waals surface area contributed by atoms with Crippen LogP contribution in [-0.2, 0) is 11.2 Å².